The summed E-state index contributed by atoms with van der Waals surface area (Å²) in [4.78, 5) is 37.4. The molecule has 6 aliphatic rings. The van der Waals surface area contributed by atoms with Gasteiger partial charge in [-0.1, -0.05) is 77.8 Å². The van der Waals surface area contributed by atoms with Gasteiger partial charge in [-0.15, -0.1) is 0 Å². The van der Waals surface area contributed by atoms with Crippen LogP contribution < -0.4 is 0 Å². The van der Waals surface area contributed by atoms with E-state index in [2.05, 4.69) is 53.9 Å². The molecule has 6 fully saturated rings. The van der Waals surface area contributed by atoms with Crippen LogP contribution in [-0.4, -0.2) is 43.0 Å². The third-order valence-corrected chi connectivity index (χ3v) is 14.8. The minimum Gasteiger partial charge on any atom is -0.435 e. The summed E-state index contributed by atoms with van der Waals surface area (Å²) in [6.07, 6.45) is 14.2. The van der Waals surface area contributed by atoms with Gasteiger partial charge in [-0.2, -0.15) is 0 Å². The van der Waals surface area contributed by atoms with Gasteiger partial charge in [0.1, 0.15) is 6.29 Å². The molecule has 6 rings (SSSR count). The van der Waals surface area contributed by atoms with Crippen LogP contribution in [0.1, 0.15) is 132 Å². The summed E-state index contributed by atoms with van der Waals surface area (Å²) in [5, 5.41) is 0. The summed E-state index contributed by atoms with van der Waals surface area (Å²) in [6.45, 7) is 24.0. The summed E-state index contributed by atoms with van der Waals surface area (Å²) in [6, 6.07) is 0. The van der Waals surface area contributed by atoms with E-state index in [1.807, 2.05) is 0 Å². The zero-order valence-corrected chi connectivity index (χ0v) is 32.0. The van der Waals surface area contributed by atoms with Crippen LogP contribution >= 0.6 is 0 Å². The predicted octanol–water partition coefficient (Wildman–Crippen LogP) is 9.30. The highest BCUT2D eigenvalue weighted by molar-refractivity contribution is 5.73. The Kier molecular flexibility index (Phi) is 10.7. The van der Waals surface area contributed by atoms with Gasteiger partial charge < -0.3 is 18.9 Å². The molecule has 0 amide bonds. The minimum atomic E-state index is -0.931. The first-order chi connectivity index (χ1) is 23.6. The predicted molar refractivity (Wildman–Crippen MR) is 193 cm³/mol. The number of allylic oxidation sites excluding steroid dienone is 3. The summed E-state index contributed by atoms with van der Waals surface area (Å²) in [7, 11) is 0. The lowest BCUT2D eigenvalue weighted by molar-refractivity contribution is -0.227. The van der Waals surface area contributed by atoms with E-state index in [4.69, 9.17) is 18.9 Å². The Balaban J connectivity index is 1.27. The van der Waals surface area contributed by atoms with Crippen LogP contribution in [0.4, 0.5) is 0 Å². The van der Waals surface area contributed by atoms with Gasteiger partial charge in [-0.3, -0.25) is 14.4 Å². The van der Waals surface area contributed by atoms with Crippen LogP contribution in [0.2, 0.25) is 0 Å². The summed E-state index contributed by atoms with van der Waals surface area (Å²) in [5.41, 5.74) is 3.96. The molecule has 0 spiro atoms. The molecule has 0 aromatic carbocycles. The van der Waals surface area contributed by atoms with Crippen molar-refractivity contribution in [2.75, 3.05) is 0 Å². The van der Waals surface area contributed by atoms with Crippen molar-refractivity contribution in [1.29, 1.82) is 0 Å². The van der Waals surface area contributed by atoms with Crippen molar-refractivity contribution in [3.63, 3.8) is 0 Å². The first kappa shape index (κ1) is 37.5. The van der Waals surface area contributed by atoms with E-state index in [0.717, 1.165) is 44.8 Å². The molecule has 2 saturated heterocycles. The normalized spacial score (nSPS) is 42.2. The number of ether oxygens (including phenoxy) is 4. The standard InChI is InChI=1S/C43H64O7/c1-25-13-17-32-31(12-10-19-41(32,5)6)30(25)16-15-29(24-44)22-34-37-38(40(48-28(4)46)50-39(37)47-27(3)45)35(49-34)23-33-26(2)14-18-36-42(7,8)20-11-21-43(33,36)9/h15,24,30-40H,1-2,10-14,16-23H2,3-9H3/b29-15+/t30-,31-,32-,33+,34+,35+,36+,37-,38-,39+,40-,43-/m1/s1. The number of aldehydes is 1. The number of carbonyl (C=O) groups is 3. The number of fused-ring (bicyclic) bond motifs is 3. The van der Waals surface area contributed by atoms with Gasteiger partial charge in [0.15, 0.2) is 0 Å². The van der Waals surface area contributed by atoms with Crippen molar-refractivity contribution in [2.24, 2.45) is 57.7 Å². The van der Waals surface area contributed by atoms with E-state index in [-0.39, 0.29) is 34.7 Å². The fraction of sp³-hybridized carbons (Fsp3) is 0.791. The van der Waals surface area contributed by atoms with Gasteiger partial charge in [-0.05, 0) is 116 Å². The number of rotatable bonds is 9. The molecule has 50 heavy (non-hydrogen) atoms. The quantitative estimate of drug-likeness (QED) is 0.103. The van der Waals surface area contributed by atoms with Gasteiger partial charge in [0.05, 0.1) is 24.0 Å². The van der Waals surface area contributed by atoms with Crippen molar-refractivity contribution in [2.45, 2.75) is 157 Å². The SMILES string of the molecule is C=C1CC[C@@H]2[C@H](CCCC2(C)C)[C@@H]1C/C=C(/C=O)C[C@@H]1O[C@@H](C[C@H]2C(=C)CC[C@H]3C(C)(C)CCC[C@]23C)[C@H]2[C@H](OC(C)=O)O[C@H](OC(C)=O)[C@@H]21. The van der Waals surface area contributed by atoms with E-state index in [1.54, 1.807) is 0 Å². The number of hydrogen-bond acceptors (Lipinski definition) is 7. The molecule has 0 aromatic rings. The van der Waals surface area contributed by atoms with Crippen LogP contribution in [0.15, 0.2) is 36.0 Å². The Hall–Kier alpha value is -2.25. The van der Waals surface area contributed by atoms with E-state index < -0.39 is 30.6 Å². The zero-order chi connectivity index (χ0) is 36.2. The number of carbonyl (C=O) groups excluding carboxylic acids is 3. The van der Waals surface area contributed by atoms with Gasteiger partial charge in [0.2, 0.25) is 12.6 Å². The lowest BCUT2D eigenvalue weighted by atomic mass is 9.47. The van der Waals surface area contributed by atoms with Crippen molar-refractivity contribution >= 4 is 18.2 Å². The smallest absolute Gasteiger partial charge is 0.304 e. The van der Waals surface area contributed by atoms with E-state index in [0.29, 0.717) is 41.1 Å². The highest BCUT2D eigenvalue weighted by Gasteiger charge is 2.62. The third-order valence-electron chi connectivity index (χ3n) is 14.8. The van der Waals surface area contributed by atoms with Crippen LogP contribution in [0.5, 0.6) is 0 Å². The van der Waals surface area contributed by atoms with Gasteiger partial charge in [0, 0.05) is 20.3 Å². The maximum absolute atomic E-state index is 12.8. The van der Waals surface area contributed by atoms with E-state index >= 15 is 0 Å². The first-order valence-electron chi connectivity index (χ1n) is 19.7. The molecule has 7 heteroatoms. The Bertz CT molecular complexity index is 1370. The number of hydrogen-bond donors (Lipinski definition) is 0. The molecule has 278 valence electrons. The van der Waals surface area contributed by atoms with E-state index in [9.17, 15) is 14.4 Å². The summed E-state index contributed by atoms with van der Waals surface area (Å²) < 4.78 is 24.8. The van der Waals surface area contributed by atoms with Crippen molar-refractivity contribution in [3.8, 4) is 0 Å². The topological polar surface area (TPSA) is 88.1 Å². The molecule has 7 nitrogen and oxygen atoms in total. The van der Waals surface area contributed by atoms with Gasteiger partial charge in [0.25, 0.3) is 0 Å². The largest absolute Gasteiger partial charge is 0.435 e. The van der Waals surface area contributed by atoms with Gasteiger partial charge in [-0.25, -0.2) is 0 Å². The lowest BCUT2D eigenvalue weighted by Crippen LogP contribution is -2.50. The average molecular weight is 693 g/mol. The molecule has 12 atom stereocenters. The molecular weight excluding hydrogens is 628 g/mol. The molecular formula is C43H64O7. The Morgan fingerprint density at radius 1 is 0.820 bits per heavy atom. The highest BCUT2D eigenvalue weighted by atomic mass is 16.8. The second kappa shape index (κ2) is 14.3. The average Bonchev–Trinajstić information content (AvgIpc) is 3.54. The maximum atomic E-state index is 12.8. The third kappa shape index (κ3) is 7.08. The summed E-state index contributed by atoms with van der Waals surface area (Å²) in [5.74, 6) is 0.839. The van der Waals surface area contributed by atoms with Crippen LogP contribution in [-0.2, 0) is 33.3 Å². The maximum Gasteiger partial charge on any atom is 0.304 e. The molecule has 0 bridgehead atoms. The Morgan fingerprint density at radius 2 is 1.46 bits per heavy atom. The Labute approximate surface area is 301 Å². The van der Waals surface area contributed by atoms with Crippen LogP contribution in [0.25, 0.3) is 0 Å². The molecule has 0 aromatic heterocycles. The van der Waals surface area contributed by atoms with Crippen molar-refractivity contribution in [3.05, 3.63) is 36.0 Å². The second-order valence-corrected chi connectivity index (χ2v) is 18.6. The molecule has 2 heterocycles. The number of esters is 2. The Morgan fingerprint density at radius 3 is 2.12 bits per heavy atom. The zero-order valence-electron chi connectivity index (χ0n) is 32.0. The van der Waals surface area contributed by atoms with Crippen LogP contribution in [0.3, 0.4) is 0 Å². The highest BCUT2D eigenvalue weighted by Crippen LogP contribution is 2.63. The van der Waals surface area contributed by atoms with Crippen molar-refractivity contribution < 1.29 is 33.3 Å². The lowest BCUT2D eigenvalue weighted by Gasteiger charge is -2.58. The fourth-order valence-electron chi connectivity index (χ4n) is 12.5. The monoisotopic (exact) mass is 692 g/mol. The fourth-order valence-corrected chi connectivity index (χ4v) is 12.5. The molecule has 4 aliphatic carbocycles. The molecule has 2 aliphatic heterocycles. The molecule has 0 unspecified atom stereocenters. The molecule has 0 radical (unpaired) electrons. The summed E-state index contributed by atoms with van der Waals surface area (Å²) >= 11 is 0. The van der Waals surface area contributed by atoms with Gasteiger partial charge >= 0.3 is 11.9 Å². The van der Waals surface area contributed by atoms with Crippen LogP contribution in [0, 0.1) is 57.7 Å². The first-order valence-corrected chi connectivity index (χ1v) is 19.7. The van der Waals surface area contributed by atoms with Crippen molar-refractivity contribution in [1.82, 2.24) is 0 Å². The second-order valence-electron chi connectivity index (χ2n) is 18.6. The minimum absolute atomic E-state index is 0.0848. The molecule has 4 saturated carbocycles. The van der Waals surface area contributed by atoms with E-state index in [1.165, 1.54) is 63.5 Å². The molecule has 0 N–H and O–H groups in total.